The molecule has 7 nitrogen and oxygen atoms in total. The van der Waals surface area contributed by atoms with Gasteiger partial charge >= 0.3 is 5.97 Å². The Morgan fingerprint density at radius 3 is 2.67 bits per heavy atom. The zero-order chi connectivity index (χ0) is 21.3. The Bertz CT molecular complexity index is 1160. The van der Waals surface area contributed by atoms with Gasteiger partial charge in [0.2, 0.25) is 5.89 Å². The van der Waals surface area contributed by atoms with Crippen LogP contribution in [0.25, 0.3) is 11.5 Å². The second-order valence-electron chi connectivity index (χ2n) is 6.95. The van der Waals surface area contributed by atoms with Crippen LogP contribution in [0.4, 0.5) is 4.39 Å². The van der Waals surface area contributed by atoms with Crippen molar-refractivity contribution in [3.05, 3.63) is 83.1 Å². The number of nitrogens with zero attached hydrogens (tertiary/aromatic N) is 3. The van der Waals surface area contributed by atoms with E-state index >= 15 is 0 Å². The monoisotopic (exact) mass is 409 g/mol. The topological polar surface area (TPSA) is 83.3 Å². The lowest BCUT2D eigenvalue weighted by atomic mass is 10.2. The van der Waals surface area contributed by atoms with Crippen molar-refractivity contribution in [2.45, 2.75) is 33.4 Å². The maximum atomic E-state index is 13.1. The van der Waals surface area contributed by atoms with Gasteiger partial charge in [-0.2, -0.15) is 0 Å². The minimum absolute atomic E-state index is 0.159. The molecule has 0 bridgehead atoms. The molecule has 0 fully saturated rings. The van der Waals surface area contributed by atoms with E-state index in [-0.39, 0.29) is 17.6 Å². The number of carbonyl (C=O) groups excluding carboxylic acids is 1. The van der Waals surface area contributed by atoms with Crippen LogP contribution >= 0.6 is 0 Å². The molecule has 4 rings (SSSR count). The van der Waals surface area contributed by atoms with E-state index in [2.05, 4.69) is 10.2 Å². The maximum Gasteiger partial charge on any atom is 0.340 e. The average Bonchev–Trinajstić information content (AvgIpc) is 3.46. The Morgan fingerprint density at radius 1 is 1.20 bits per heavy atom. The van der Waals surface area contributed by atoms with Crippen molar-refractivity contribution < 1.29 is 22.8 Å². The number of halogens is 1. The Balaban J connectivity index is 1.48. The fourth-order valence-electron chi connectivity index (χ4n) is 3.19. The van der Waals surface area contributed by atoms with Gasteiger partial charge < -0.3 is 18.1 Å². The highest BCUT2D eigenvalue weighted by Crippen LogP contribution is 2.25. The summed E-state index contributed by atoms with van der Waals surface area (Å²) in [5, 5.41) is 7.90. The van der Waals surface area contributed by atoms with Gasteiger partial charge in [-0.3, -0.25) is 0 Å². The summed E-state index contributed by atoms with van der Waals surface area (Å²) in [6.07, 6.45) is 0.873. The Kier molecular flexibility index (Phi) is 5.22. The zero-order valence-corrected chi connectivity index (χ0v) is 16.8. The van der Waals surface area contributed by atoms with Gasteiger partial charge in [0.1, 0.15) is 11.6 Å². The number of esters is 1. The van der Waals surface area contributed by atoms with Gasteiger partial charge in [-0.1, -0.05) is 0 Å². The molecule has 0 N–H and O–H groups in total. The molecule has 0 aliphatic rings. The van der Waals surface area contributed by atoms with Crippen LogP contribution in [0.15, 0.2) is 57.6 Å². The van der Waals surface area contributed by atoms with E-state index in [1.54, 1.807) is 19.3 Å². The van der Waals surface area contributed by atoms with Gasteiger partial charge in [0.15, 0.2) is 6.10 Å². The van der Waals surface area contributed by atoms with Crippen molar-refractivity contribution in [2.75, 3.05) is 0 Å². The smallest absolute Gasteiger partial charge is 0.340 e. The first kappa shape index (κ1) is 19.6. The molecule has 0 unspecified atom stereocenters. The van der Waals surface area contributed by atoms with E-state index in [4.69, 9.17) is 13.6 Å². The van der Waals surface area contributed by atoms with Crippen molar-refractivity contribution in [1.82, 2.24) is 14.8 Å². The fourth-order valence-corrected chi connectivity index (χ4v) is 3.19. The molecule has 154 valence electrons. The number of carbonyl (C=O) groups is 1. The van der Waals surface area contributed by atoms with Crippen molar-refractivity contribution in [1.29, 1.82) is 0 Å². The first-order valence-corrected chi connectivity index (χ1v) is 9.42. The molecule has 0 radical (unpaired) electrons. The van der Waals surface area contributed by atoms with Crippen LogP contribution in [0, 0.1) is 19.7 Å². The SMILES string of the molecule is Cc1cc(C(=O)O[C@@H](C)c2nnc(-c3ccc(F)cc3)o2)c(C)n1Cc1ccco1. The summed E-state index contributed by atoms with van der Waals surface area (Å²) in [6.45, 7) is 5.96. The van der Waals surface area contributed by atoms with Gasteiger partial charge in [0.05, 0.1) is 18.4 Å². The minimum Gasteiger partial charge on any atom is -0.467 e. The Morgan fingerprint density at radius 2 is 1.97 bits per heavy atom. The molecule has 4 aromatic rings. The predicted octanol–water partition coefficient (Wildman–Crippen LogP) is 4.85. The van der Waals surface area contributed by atoms with Gasteiger partial charge in [-0.25, -0.2) is 9.18 Å². The van der Waals surface area contributed by atoms with Crippen molar-refractivity contribution >= 4 is 5.97 Å². The number of hydrogen-bond donors (Lipinski definition) is 0. The number of aryl methyl sites for hydroxylation is 1. The molecule has 3 aromatic heterocycles. The number of aromatic nitrogens is 3. The first-order valence-electron chi connectivity index (χ1n) is 9.42. The van der Waals surface area contributed by atoms with Crippen LogP contribution in [0.2, 0.25) is 0 Å². The third-order valence-corrected chi connectivity index (χ3v) is 4.85. The van der Waals surface area contributed by atoms with E-state index in [1.165, 1.54) is 24.3 Å². The summed E-state index contributed by atoms with van der Waals surface area (Å²) in [5.41, 5.74) is 2.73. The first-order chi connectivity index (χ1) is 14.4. The molecule has 0 aliphatic carbocycles. The highest BCUT2D eigenvalue weighted by atomic mass is 19.1. The second kappa shape index (κ2) is 7.98. The maximum absolute atomic E-state index is 13.1. The molecule has 1 aromatic carbocycles. The summed E-state index contributed by atoms with van der Waals surface area (Å²) < 4.78 is 31.6. The third-order valence-electron chi connectivity index (χ3n) is 4.85. The van der Waals surface area contributed by atoms with Crippen LogP contribution in [0.5, 0.6) is 0 Å². The molecule has 30 heavy (non-hydrogen) atoms. The lowest BCUT2D eigenvalue weighted by molar-refractivity contribution is 0.0279. The third kappa shape index (κ3) is 3.89. The van der Waals surface area contributed by atoms with Crippen LogP contribution in [-0.4, -0.2) is 20.7 Å². The van der Waals surface area contributed by atoms with Crippen molar-refractivity contribution in [2.24, 2.45) is 0 Å². The molecule has 0 spiro atoms. The molecule has 0 saturated carbocycles. The molecule has 8 heteroatoms. The van der Waals surface area contributed by atoms with Crippen LogP contribution in [-0.2, 0) is 11.3 Å². The van der Waals surface area contributed by atoms with Crippen LogP contribution in [0.3, 0.4) is 0 Å². The summed E-state index contributed by atoms with van der Waals surface area (Å²) in [4.78, 5) is 12.7. The van der Waals surface area contributed by atoms with E-state index in [9.17, 15) is 9.18 Å². The summed E-state index contributed by atoms with van der Waals surface area (Å²) in [7, 11) is 0. The molecular weight excluding hydrogens is 389 g/mol. The molecule has 0 aliphatic heterocycles. The van der Waals surface area contributed by atoms with Gasteiger partial charge in [0.25, 0.3) is 5.89 Å². The molecule has 0 amide bonds. The highest BCUT2D eigenvalue weighted by molar-refractivity contribution is 5.91. The summed E-state index contributed by atoms with van der Waals surface area (Å²) >= 11 is 0. The van der Waals surface area contributed by atoms with E-state index < -0.39 is 12.1 Å². The van der Waals surface area contributed by atoms with E-state index in [1.807, 2.05) is 30.5 Å². The quantitative estimate of drug-likeness (QED) is 0.423. The molecule has 0 saturated heterocycles. The van der Waals surface area contributed by atoms with Crippen LogP contribution in [0.1, 0.15) is 46.4 Å². The highest BCUT2D eigenvalue weighted by Gasteiger charge is 2.23. The lowest BCUT2D eigenvalue weighted by Crippen LogP contribution is -2.11. The van der Waals surface area contributed by atoms with Gasteiger partial charge in [-0.15, -0.1) is 10.2 Å². The van der Waals surface area contributed by atoms with Gasteiger partial charge in [0, 0.05) is 17.0 Å². The normalized spacial score (nSPS) is 12.1. The summed E-state index contributed by atoms with van der Waals surface area (Å²) in [6, 6.07) is 11.2. The number of rotatable bonds is 6. The Labute approximate surface area is 172 Å². The molecule has 3 heterocycles. The minimum atomic E-state index is -0.743. The van der Waals surface area contributed by atoms with E-state index in [0.29, 0.717) is 17.7 Å². The van der Waals surface area contributed by atoms with Crippen LogP contribution < -0.4 is 0 Å². The zero-order valence-electron chi connectivity index (χ0n) is 16.8. The largest absolute Gasteiger partial charge is 0.467 e. The molecule has 1 atom stereocenters. The number of furan rings is 1. The number of ether oxygens (including phenoxy) is 1. The Hall–Kier alpha value is -3.68. The van der Waals surface area contributed by atoms with Crippen molar-refractivity contribution in [3.8, 4) is 11.5 Å². The lowest BCUT2D eigenvalue weighted by Gasteiger charge is -2.10. The average molecular weight is 409 g/mol. The summed E-state index contributed by atoms with van der Waals surface area (Å²) in [5.74, 6) is 0.342. The fraction of sp³-hybridized carbons (Fsp3) is 0.227. The number of benzene rings is 1. The van der Waals surface area contributed by atoms with Crippen molar-refractivity contribution in [3.63, 3.8) is 0 Å². The molecular formula is C22H20FN3O4. The second-order valence-corrected chi connectivity index (χ2v) is 6.95. The standard InChI is InChI=1S/C22H20FN3O4/c1-13-11-19(14(2)26(13)12-18-5-4-10-28-18)22(27)29-15(3)20-24-25-21(30-20)16-6-8-17(23)9-7-16/h4-11,15H,12H2,1-3H3/t15-/m0/s1. The predicted molar refractivity (Wildman–Crippen MR) is 105 cm³/mol. The van der Waals surface area contributed by atoms with E-state index in [0.717, 1.165) is 17.1 Å². The van der Waals surface area contributed by atoms with Gasteiger partial charge in [-0.05, 0) is 63.2 Å². The number of hydrogen-bond acceptors (Lipinski definition) is 6.